The standard InChI is InChI=1S/C25H31Cl2N3O3/c1-28-9-11-30(12-10-28)24(31)16-25(19-32-23-7-5-21(26)6-8-23)18-29(13-14-33-25)17-20-3-2-4-22(27)15-20/h2-8,15H,9-14,16-19H2,1H3/t25-/m0/s1. The van der Waals surface area contributed by atoms with Crippen LogP contribution in [0.2, 0.25) is 10.0 Å². The Labute approximate surface area is 205 Å². The minimum atomic E-state index is -0.725. The molecule has 0 radical (unpaired) electrons. The highest BCUT2D eigenvalue weighted by Gasteiger charge is 2.41. The van der Waals surface area contributed by atoms with Crippen LogP contribution < -0.4 is 4.74 Å². The maximum Gasteiger partial charge on any atom is 0.225 e. The van der Waals surface area contributed by atoms with Crippen molar-refractivity contribution in [3.8, 4) is 5.75 Å². The first-order valence-corrected chi connectivity index (χ1v) is 12.1. The first kappa shape index (κ1) is 24.3. The van der Waals surface area contributed by atoms with Gasteiger partial charge in [0.25, 0.3) is 0 Å². The van der Waals surface area contributed by atoms with E-state index in [2.05, 4.69) is 22.9 Å². The van der Waals surface area contributed by atoms with Gasteiger partial charge in [-0.1, -0.05) is 35.3 Å². The minimum absolute atomic E-state index is 0.118. The van der Waals surface area contributed by atoms with Crippen molar-refractivity contribution in [1.82, 2.24) is 14.7 Å². The third-order valence-corrected chi connectivity index (χ3v) is 6.75. The van der Waals surface area contributed by atoms with E-state index in [1.807, 2.05) is 35.2 Å². The minimum Gasteiger partial charge on any atom is -0.491 e. The van der Waals surface area contributed by atoms with Crippen LogP contribution in [0.25, 0.3) is 0 Å². The number of carbonyl (C=O) groups excluding carboxylic acids is 1. The number of amides is 1. The number of hydrogen-bond acceptors (Lipinski definition) is 5. The van der Waals surface area contributed by atoms with E-state index in [1.54, 1.807) is 12.1 Å². The van der Waals surface area contributed by atoms with Crippen LogP contribution in [-0.2, 0) is 16.1 Å². The third kappa shape index (κ3) is 6.84. The van der Waals surface area contributed by atoms with Crippen molar-refractivity contribution in [3.05, 3.63) is 64.1 Å². The van der Waals surface area contributed by atoms with Crippen molar-refractivity contribution < 1.29 is 14.3 Å². The second-order valence-corrected chi connectivity index (χ2v) is 9.85. The van der Waals surface area contributed by atoms with Crippen LogP contribution in [0.4, 0.5) is 0 Å². The van der Waals surface area contributed by atoms with Crippen LogP contribution in [0.5, 0.6) is 5.75 Å². The highest BCUT2D eigenvalue weighted by atomic mass is 35.5. The number of rotatable bonds is 7. The van der Waals surface area contributed by atoms with E-state index in [1.165, 1.54) is 0 Å². The Hall–Kier alpha value is -1.83. The van der Waals surface area contributed by atoms with Crippen molar-refractivity contribution in [1.29, 1.82) is 0 Å². The lowest BCUT2D eigenvalue weighted by Crippen LogP contribution is -2.58. The summed E-state index contributed by atoms with van der Waals surface area (Å²) < 4.78 is 12.4. The smallest absolute Gasteiger partial charge is 0.225 e. The second kappa shape index (κ2) is 11.1. The number of hydrogen-bond donors (Lipinski definition) is 0. The molecule has 6 nitrogen and oxygen atoms in total. The summed E-state index contributed by atoms with van der Waals surface area (Å²) in [7, 11) is 2.08. The number of halogens is 2. The quantitative estimate of drug-likeness (QED) is 0.589. The highest BCUT2D eigenvalue weighted by molar-refractivity contribution is 6.30. The molecule has 2 fully saturated rings. The van der Waals surface area contributed by atoms with Crippen LogP contribution in [-0.4, -0.2) is 85.7 Å². The van der Waals surface area contributed by atoms with Gasteiger partial charge in [0.2, 0.25) is 5.91 Å². The summed E-state index contributed by atoms with van der Waals surface area (Å²) in [4.78, 5) is 19.8. The van der Waals surface area contributed by atoms with E-state index in [0.29, 0.717) is 30.5 Å². The molecule has 2 aliphatic heterocycles. The Kier molecular flexibility index (Phi) is 8.15. The second-order valence-electron chi connectivity index (χ2n) is 8.98. The lowest BCUT2D eigenvalue weighted by atomic mass is 9.96. The van der Waals surface area contributed by atoms with Gasteiger partial charge in [-0.15, -0.1) is 0 Å². The predicted octanol–water partition coefficient (Wildman–Crippen LogP) is 3.81. The van der Waals surface area contributed by atoms with Gasteiger partial charge in [0.05, 0.1) is 13.0 Å². The van der Waals surface area contributed by atoms with Crippen molar-refractivity contribution in [2.75, 3.05) is 59.5 Å². The van der Waals surface area contributed by atoms with E-state index in [-0.39, 0.29) is 12.3 Å². The molecule has 0 bridgehead atoms. The van der Waals surface area contributed by atoms with Gasteiger partial charge in [0, 0.05) is 55.9 Å². The van der Waals surface area contributed by atoms with Gasteiger partial charge in [-0.2, -0.15) is 0 Å². The molecule has 1 amide bonds. The molecule has 4 rings (SSSR count). The SMILES string of the molecule is CN1CCN(C(=O)C[C@@]2(COc3ccc(Cl)cc3)CN(Cc3cccc(Cl)c3)CCO2)CC1. The molecule has 0 unspecified atom stereocenters. The lowest BCUT2D eigenvalue weighted by Gasteiger charge is -2.43. The number of nitrogens with zero attached hydrogens (tertiary/aromatic N) is 3. The molecule has 2 aliphatic rings. The van der Waals surface area contributed by atoms with Crippen LogP contribution in [0.3, 0.4) is 0 Å². The number of piperazine rings is 1. The maximum atomic E-state index is 13.3. The summed E-state index contributed by atoms with van der Waals surface area (Å²) in [5, 5.41) is 1.38. The molecule has 8 heteroatoms. The van der Waals surface area contributed by atoms with Gasteiger partial charge >= 0.3 is 0 Å². The van der Waals surface area contributed by atoms with Gasteiger partial charge in [-0.3, -0.25) is 9.69 Å². The zero-order chi connectivity index (χ0) is 23.3. The summed E-state index contributed by atoms with van der Waals surface area (Å²) in [6.45, 7) is 6.25. The van der Waals surface area contributed by atoms with Crippen molar-refractivity contribution in [2.45, 2.75) is 18.6 Å². The lowest BCUT2D eigenvalue weighted by molar-refractivity contribution is -0.157. The Bertz CT molecular complexity index is 935. The van der Waals surface area contributed by atoms with Crippen LogP contribution in [0.1, 0.15) is 12.0 Å². The zero-order valence-electron chi connectivity index (χ0n) is 19.0. The van der Waals surface area contributed by atoms with Crippen LogP contribution in [0, 0.1) is 0 Å². The molecule has 0 saturated carbocycles. The van der Waals surface area contributed by atoms with Crippen molar-refractivity contribution >= 4 is 29.1 Å². The largest absolute Gasteiger partial charge is 0.491 e. The number of ether oxygens (including phenoxy) is 2. The molecule has 2 aromatic rings. The summed E-state index contributed by atoms with van der Waals surface area (Å²) in [6, 6.07) is 15.2. The van der Waals surface area contributed by atoms with E-state index in [0.717, 1.165) is 49.9 Å². The monoisotopic (exact) mass is 491 g/mol. The molecule has 2 aromatic carbocycles. The van der Waals surface area contributed by atoms with Gasteiger partial charge < -0.3 is 19.3 Å². The molecule has 0 spiro atoms. The molecule has 2 saturated heterocycles. The number of morpholine rings is 1. The molecule has 1 atom stereocenters. The normalized spacial score (nSPS) is 22.3. The Morgan fingerprint density at radius 3 is 2.52 bits per heavy atom. The molecule has 0 aromatic heterocycles. The number of benzene rings is 2. The molecule has 0 aliphatic carbocycles. The molecule has 2 heterocycles. The summed E-state index contributed by atoms with van der Waals surface area (Å²) in [5.41, 5.74) is 0.416. The van der Waals surface area contributed by atoms with E-state index >= 15 is 0 Å². The average Bonchev–Trinajstić information content (AvgIpc) is 2.79. The first-order chi connectivity index (χ1) is 15.9. The molecule has 0 N–H and O–H groups in total. The first-order valence-electron chi connectivity index (χ1n) is 11.4. The van der Waals surface area contributed by atoms with Gasteiger partial charge in [-0.05, 0) is 49.0 Å². The molecular formula is C25H31Cl2N3O3. The Balaban J connectivity index is 1.48. The fourth-order valence-electron chi connectivity index (χ4n) is 4.39. The number of carbonyl (C=O) groups is 1. The van der Waals surface area contributed by atoms with E-state index in [4.69, 9.17) is 32.7 Å². The van der Waals surface area contributed by atoms with Crippen molar-refractivity contribution in [2.24, 2.45) is 0 Å². The third-order valence-electron chi connectivity index (χ3n) is 6.27. The Morgan fingerprint density at radius 1 is 1.03 bits per heavy atom. The van der Waals surface area contributed by atoms with Crippen LogP contribution >= 0.6 is 23.2 Å². The van der Waals surface area contributed by atoms with E-state index in [9.17, 15) is 4.79 Å². The fourth-order valence-corrected chi connectivity index (χ4v) is 4.73. The molecule has 178 valence electrons. The zero-order valence-corrected chi connectivity index (χ0v) is 20.5. The van der Waals surface area contributed by atoms with E-state index < -0.39 is 5.60 Å². The maximum absolute atomic E-state index is 13.3. The van der Waals surface area contributed by atoms with Gasteiger partial charge in [-0.25, -0.2) is 0 Å². The van der Waals surface area contributed by atoms with Gasteiger partial charge in [0.15, 0.2) is 0 Å². The molecule has 33 heavy (non-hydrogen) atoms. The van der Waals surface area contributed by atoms with Crippen LogP contribution in [0.15, 0.2) is 48.5 Å². The highest BCUT2D eigenvalue weighted by Crippen LogP contribution is 2.27. The topological polar surface area (TPSA) is 45.2 Å². The average molecular weight is 492 g/mol. The number of likely N-dealkylation sites (N-methyl/N-ethyl adjacent to an activating group) is 1. The molecular weight excluding hydrogens is 461 g/mol. The summed E-state index contributed by atoms with van der Waals surface area (Å²) >= 11 is 12.2. The summed E-state index contributed by atoms with van der Waals surface area (Å²) in [5.74, 6) is 0.828. The predicted molar refractivity (Wildman–Crippen MR) is 131 cm³/mol. The fraction of sp³-hybridized carbons (Fsp3) is 0.480. The van der Waals surface area contributed by atoms with Gasteiger partial charge in [0.1, 0.15) is 18.0 Å². The Morgan fingerprint density at radius 2 is 1.79 bits per heavy atom. The summed E-state index contributed by atoms with van der Waals surface area (Å²) in [6.07, 6.45) is 0.288. The van der Waals surface area contributed by atoms with Crippen molar-refractivity contribution in [3.63, 3.8) is 0 Å².